The summed E-state index contributed by atoms with van der Waals surface area (Å²) < 4.78 is 7.06. The van der Waals surface area contributed by atoms with Crippen molar-refractivity contribution < 1.29 is 14.3 Å². The Morgan fingerprint density at radius 2 is 1.61 bits per heavy atom. The average Bonchev–Trinajstić information content (AvgIpc) is 3.03. The van der Waals surface area contributed by atoms with Gasteiger partial charge in [0.1, 0.15) is 12.4 Å². The molecule has 4 nitrogen and oxygen atoms in total. The molecule has 3 aromatic rings. The summed E-state index contributed by atoms with van der Waals surface area (Å²) in [6.07, 6.45) is 1.72. The zero-order valence-corrected chi connectivity index (χ0v) is 20.0. The molecule has 1 saturated heterocycles. The third kappa shape index (κ3) is 5.50. The maximum absolute atomic E-state index is 12.9. The number of thioether (sulfide) groups is 1. The molecular formula is C24H17ClINO3S. The van der Waals surface area contributed by atoms with Gasteiger partial charge < -0.3 is 4.74 Å². The minimum absolute atomic E-state index is 0.258. The lowest BCUT2D eigenvalue weighted by Gasteiger charge is -2.12. The van der Waals surface area contributed by atoms with Crippen molar-refractivity contribution >= 4 is 63.2 Å². The van der Waals surface area contributed by atoms with Crippen LogP contribution >= 0.6 is 46.0 Å². The van der Waals surface area contributed by atoms with Crippen LogP contribution < -0.4 is 4.74 Å². The first-order chi connectivity index (χ1) is 15.0. The van der Waals surface area contributed by atoms with Crippen molar-refractivity contribution in [3.63, 3.8) is 0 Å². The van der Waals surface area contributed by atoms with Crippen molar-refractivity contribution in [1.82, 2.24) is 4.90 Å². The number of hydrogen-bond donors (Lipinski definition) is 0. The number of rotatable bonds is 6. The summed E-state index contributed by atoms with van der Waals surface area (Å²) in [7, 11) is 0. The van der Waals surface area contributed by atoms with Gasteiger partial charge in [-0.3, -0.25) is 14.5 Å². The number of imide groups is 1. The van der Waals surface area contributed by atoms with E-state index in [2.05, 4.69) is 22.6 Å². The van der Waals surface area contributed by atoms with Gasteiger partial charge >= 0.3 is 0 Å². The van der Waals surface area contributed by atoms with Crippen molar-refractivity contribution in [3.05, 3.63) is 103 Å². The maximum Gasteiger partial charge on any atom is 0.293 e. The predicted octanol–water partition coefficient (Wildman–Crippen LogP) is 6.76. The summed E-state index contributed by atoms with van der Waals surface area (Å²) in [5.74, 6) is 0.350. The fraction of sp³-hybridized carbons (Fsp3) is 0.0833. The molecule has 0 atom stereocenters. The second kappa shape index (κ2) is 9.89. The number of halogens is 2. The number of ether oxygens (including phenoxy) is 1. The van der Waals surface area contributed by atoms with Crippen LogP contribution in [0, 0.1) is 3.57 Å². The number of para-hydroxylation sites is 1. The topological polar surface area (TPSA) is 46.6 Å². The number of hydrogen-bond acceptors (Lipinski definition) is 4. The zero-order chi connectivity index (χ0) is 21.8. The van der Waals surface area contributed by atoms with Crippen LogP contribution in [0.25, 0.3) is 6.08 Å². The molecule has 4 rings (SSSR count). The lowest BCUT2D eigenvalue weighted by atomic mass is 10.1. The molecule has 0 radical (unpaired) electrons. The van der Waals surface area contributed by atoms with Crippen molar-refractivity contribution in [2.75, 3.05) is 0 Å². The van der Waals surface area contributed by atoms with E-state index in [1.807, 2.05) is 72.8 Å². The third-order valence-electron chi connectivity index (χ3n) is 4.64. The van der Waals surface area contributed by atoms with Crippen molar-refractivity contribution in [2.24, 2.45) is 0 Å². The lowest BCUT2D eigenvalue weighted by molar-refractivity contribution is -0.123. The first-order valence-electron chi connectivity index (χ1n) is 9.46. The molecular weight excluding hydrogens is 545 g/mol. The second-order valence-electron chi connectivity index (χ2n) is 6.85. The van der Waals surface area contributed by atoms with Crippen molar-refractivity contribution in [3.8, 4) is 5.75 Å². The molecule has 0 aliphatic carbocycles. The highest BCUT2D eigenvalue weighted by Crippen LogP contribution is 2.35. The van der Waals surface area contributed by atoms with E-state index in [0.717, 1.165) is 32.0 Å². The van der Waals surface area contributed by atoms with Gasteiger partial charge in [-0.2, -0.15) is 0 Å². The second-order valence-corrected chi connectivity index (χ2v) is 9.52. The van der Waals surface area contributed by atoms with Crippen molar-refractivity contribution in [2.45, 2.75) is 13.2 Å². The Bertz CT molecular complexity index is 1150. The molecule has 1 heterocycles. The van der Waals surface area contributed by atoms with Gasteiger partial charge in [-0.1, -0.05) is 54.1 Å². The van der Waals surface area contributed by atoms with Gasteiger partial charge in [-0.25, -0.2) is 0 Å². The number of carbonyl (C=O) groups is 2. The van der Waals surface area contributed by atoms with E-state index in [1.165, 1.54) is 4.90 Å². The van der Waals surface area contributed by atoms with Gasteiger partial charge in [-0.05, 0) is 81.9 Å². The predicted molar refractivity (Wildman–Crippen MR) is 133 cm³/mol. The fourth-order valence-corrected chi connectivity index (χ4v) is 4.34. The van der Waals surface area contributed by atoms with Gasteiger partial charge in [0.05, 0.1) is 11.4 Å². The van der Waals surface area contributed by atoms with Crippen molar-refractivity contribution in [1.29, 1.82) is 0 Å². The number of nitrogens with zero attached hydrogens (tertiary/aromatic N) is 1. The maximum atomic E-state index is 12.9. The standard InChI is InChI=1S/C24H17ClINO3S/c25-19-9-5-17(6-10-19)15-30-21-4-2-1-3-18(21)13-22-23(28)27(24(29)31-22)14-16-7-11-20(26)12-8-16/h1-13H,14-15H2/b22-13+. The summed E-state index contributed by atoms with van der Waals surface area (Å²) in [5.41, 5.74) is 2.64. The summed E-state index contributed by atoms with van der Waals surface area (Å²) in [6.45, 7) is 0.629. The smallest absolute Gasteiger partial charge is 0.293 e. The minimum atomic E-state index is -0.291. The van der Waals surface area contributed by atoms with E-state index in [4.69, 9.17) is 16.3 Å². The van der Waals surface area contributed by atoms with Crippen LogP contribution in [0.3, 0.4) is 0 Å². The summed E-state index contributed by atoms with van der Waals surface area (Å²) >= 11 is 9.10. The monoisotopic (exact) mass is 561 g/mol. The quantitative estimate of drug-likeness (QED) is 0.246. The van der Waals surface area contributed by atoms with Crippen LogP contribution in [0.1, 0.15) is 16.7 Å². The highest BCUT2D eigenvalue weighted by atomic mass is 127. The zero-order valence-electron chi connectivity index (χ0n) is 16.3. The molecule has 0 unspecified atom stereocenters. The van der Waals surface area contributed by atoms with Crippen LogP contribution in [-0.2, 0) is 17.9 Å². The highest BCUT2D eigenvalue weighted by molar-refractivity contribution is 14.1. The highest BCUT2D eigenvalue weighted by Gasteiger charge is 2.35. The molecule has 1 aliphatic heterocycles. The van der Waals surface area contributed by atoms with Crippen LogP contribution in [0.2, 0.25) is 5.02 Å². The molecule has 1 aliphatic rings. The summed E-state index contributed by atoms with van der Waals surface area (Å²) in [4.78, 5) is 27.0. The molecule has 7 heteroatoms. The first-order valence-corrected chi connectivity index (χ1v) is 11.7. The molecule has 0 aromatic heterocycles. The molecule has 156 valence electrons. The third-order valence-corrected chi connectivity index (χ3v) is 6.52. The van der Waals surface area contributed by atoms with Crippen LogP contribution in [0.5, 0.6) is 5.75 Å². The lowest BCUT2D eigenvalue weighted by Crippen LogP contribution is -2.27. The minimum Gasteiger partial charge on any atom is -0.488 e. The molecule has 0 saturated carbocycles. The Morgan fingerprint density at radius 1 is 0.935 bits per heavy atom. The molecule has 0 spiro atoms. The molecule has 3 aromatic carbocycles. The van der Waals surface area contributed by atoms with Gasteiger partial charge in [0.15, 0.2) is 0 Å². The normalized spacial score (nSPS) is 15.0. The largest absolute Gasteiger partial charge is 0.488 e. The molecule has 0 N–H and O–H groups in total. The summed E-state index contributed by atoms with van der Waals surface area (Å²) in [6, 6.07) is 22.7. The Balaban J connectivity index is 1.50. The molecule has 31 heavy (non-hydrogen) atoms. The van der Waals surface area contributed by atoms with E-state index in [9.17, 15) is 9.59 Å². The van der Waals surface area contributed by atoms with E-state index in [0.29, 0.717) is 22.3 Å². The van der Waals surface area contributed by atoms with Gasteiger partial charge in [0.2, 0.25) is 0 Å². The van der Waals surface area contributed by atoms with Crippen LogP contribution in [0.4, 0.5) is 4.79 Å². The fourth-order valence-electron chi connectivity index (χ4n) is 3.02. The average molecular weight is 562 g/mol. The van der Waals surface area contributed by atoms with Crippen LogP contribution in [-0.4, -0.2) is 16.0 Å². The van der Waals surface area contributed by atoms with Gasteiger partial charge in [-0.15, -0.1) is 0 Å². The number of amides is 2. The van der Waals surface area contributed by atoms with Gasteiger partial charge in [0, 0.05) is 14.2 Å². The Morgan fingerprint density at radius 3 is 2.35 bits per heavy atom. The number of carbonyl (C=O) groups excluding carboxylic acids is 2. The molecule has 2 amide bonds. The van der Waals surface area contributed by atoms with E-state index >= 15 is 0 Å². The number of benzene rings is 3. The van der Waals surface area contributed by atoms with E-state index in [-0.39, 0.29) is 17.7 Å². The Kier molecular flexibility index (Phi) is 6.99. The first kappa shape index (κ1) is 21.9. The summed E-state index contributed by atoms with van der Waals surface area (Å²) in [5, 5.41) is 0.402. The van der Waals surface area contributed by atoms with Gasteiger partial charge in [0.25, 0.3) is 11.1 Å². The van der Waals surface area contributed by atoms with E-state index in [1.54, 1.807) is 6.08 Å². The SMILES string of the molecule is O=C1S/C(=C/c2ccccc2OCc2ccc(Cl)cc2)C(=O)N1Cc1ccc(I)cc1. The molecule has 0 bridgehead atoms. The molecule has 1 fully saturated rings. The Hall–Kier alpha value is -2.29. The Labute approximate surface area is 203 Å². The van der Waals surface area contributed by atoms with E-state index < -0.39 is 0 Å². The van der Waals surface area contributed by atoms with Crippen LogP contribution in [0.15, 0.2) is 77.7 Å².